The van der Waals surface area contributed by atoms with Crippen molar-refractivity contribution in [3.8, 4) is 5.75 Å². The molecule has 1 aromatic rings. The summed E-state index contributed by atoms with van der Waals surface area (Å²) in [4.78, 5) is 14.5. The number of nitrogens with zero attached hydrogens (tertiary/aromatic N) is 1. The number of ether oxygens (including phenoxy) is 2. The van der Waals surface area contributed by atoms with Gasteiger partial charge in [0.1, 0.15) is 0 Å². The average Bonchev–Trinajstić information content (AvgIpc) is 2.58. The number of nitrogens with one attached hydrogen (secondary N) is 1. The number of carbonyl (C=O) groups excluding carboxylic acids is 1. The summed E-state index contributed by atoms with van der Waals surface area (Å²) in [6.45, 7) is 3.03. The Morgan fingerprint density at radius 3 is 2.76 bits per heavy atom. The minimum Gasteiger partial charge on any atom is -0.494 e. The van der Waals surface area contributed by atoms with E-state index in [0.717, 1.165) is 13.1 Å². The lowest BCUT2D eigenvalue weighted by molar-refractivity contribution is -0.125. The molecule has 138 valence electrons. The topological polar surface area (TPSA) is 71.0 Å². The van der Waals surface area contributed by atoms with Crippen LogP contribution >= 0.6 is 0 Å². The molecule has 0 spiro atoms. The molecule has 1 aliphatic carbocycles. The van der Waals surface area contributed by atoms with Crippen LogP contribution in [0.3, 0.4) is 0 Å². The zero-order valence-corrected chi connectivity index (χ0v) is 14.4. The Bertz CT molecular complexity index is 601. The van der Waals surface area contributed by atoms with Crippen LogP contribution in [-0.4, -0.2) is 62.0 Å². The maximum Gasteiger partial charge on any atom is 0.234 e. The van der Waals surface area contributed by atoms with Gasteiger partial charge in [-0.05, 0) is 36.5 Å². The quantitative estimate of drug-likeness (QED) is 0.802. The van der Waals surface area contributed by atoms with E-state index >= 15 is 0 Å². The molecule has 0 bridgehead atoms. The lowest BCUT2D eigenvalue weighted by Gasteiger charge is -2.38. The van der Waals surface area contributed by atoms with Crippen molar-refractivity contribution < 1.29 is 23.8 Å². The van der Waals surface area contributed by atoms with Gasteiger partial charge in [-0.2, -0.15) is 0 Å². The summed E-state index contributed by atoms with van der Waals surface area (Å²) < 4.78 is 24.3. The average molecular weight is 352 g/mol. The molecule has 1 aliphatic heterocycles. The van der Waals surface area contributed by atoms with Crippen LogP contribution in [0.25, 0.3) is 0 Å². The molecule has 1 amide bonds. The van der Waals surface area contributed by atoms with Gasteiger partial charge in [-0.25, -0.2) is 4.39 Å². The van der Waals surface area contributed by atoms with E-state index in [1.54, 1.807) is 12.1 Å². The number of hydrogen-bond acceptors (Lipinski definition) is 5. The van der Waals surface area contributed by atoms with Gasteiger partial charge in [-0.15, -0.1) is 0 Å². The molecule has 2 N–H and O–H groups in total. The highest BCUT2D eigenvalue weighted by molar-refractivity contribution is 5.78. The number of hydrogen-bond donors (Lipinski definition) is 2. The largest absolute Gasteiger partial charge is 0.494 e. The molecule has 1 atom stereocenters. The normalized spacial score (nSPS) is 25.1. The van der Waals surface area contributed by atoms with Crippen molar-refractivity contribution in [2.24, 2.45) is 5.92 Å². The molecule has 1 heterocycles. The summed E-state index contributed by atoms with van der Waals surface area (Å²) in [5.41, 5.74) is 0.700. The fourth-order valence-electron chi connectivity index (χ4n) is 3.43. The highest BCUT2D eigenvalue weighted by atomic mass is 19.1. The summed E-state index contributed by atoms with van der Waals surface area (Å²) in [6, 6.07) is 4.44. The van der Waals surface area contributed by atoms with Crippen LogP contribution in [-0.2, 0) is 9.53 Å². The lowest BCUT2D eigenvalue weighted by atomic mass is 9.75. The summed E-state index contributed by atoms with van der Waals surface area (Å²) in [5, 5.41) is 12.6. The number of rotatable bonds is 6. The van der Waals surface area contributed by atoms with E-state index < -0.39 is 5.82 Å². The first-order valence-electron chi connectivity index (χ1n) is 8.67. The van der Waals surface area contributed by atoms with Crippen LogP contribution in [0.15, 0.2) is 18.2 Å². The van der Waals surface area contributed by atoms with Gasteiger partial charge in [0.2, 0.25) is 5.91 Å². The van der Waals surface area contributed by atoms with Gasteiger partial charge >= 0.3 is 0 Å². The fourth-order valence-corrected chi connectivity index (χ4v) is 3.43. The Labute approximate surface area is 146 Å². The van der Waals surface area contributed by atoms with Gasteiger partial charge in [0.05, 0.1) is 39.0 Å². The summed E-state index contributed by atoms with van der Waals surface area (Å²) in [7, 11) is 1.42. The first-order valence-corrected chi connectivity index (χ1v) is 8.67. The Balaban J connectivity index is 1.69. The predicted octanol–water partition coefficient (Wildman–Crippen LogP) is 1.09. The molecule has 1 saturated carbocycles. The van der Waals surface area contributed by atoms with Crippen molar-refractivity contribution in [2.75, 3.05) is 40.0 Å². The number of morpholine rings is 1. The van der Waals surface area contributed by atoms with Crippen molar-refractivity contribution in [1.29, 1.82) is 0 Å². The number of halogens is 1. The zero-order chi connectivity index (χ0) is 17.8. The Hall–Kier alpha value is -1.70. The number of carbonyl (C=O) groups is 1. The SMILES string of the molecule is COc1ccc(C(NC(=O)CN2CCOCC2)C2CC(O)C2)cc1F. The van der Waals surface area contributed by atoms with Gasteiger partial charge in [-0.3, -0.25) is 9.69 Å². The second kappa shape index (κ2) is 8.12. The number of benzene rings is 1. The third-order valence-electron chi connectivity index (χ3n) is 4.94. The first-order chi connectivity index (χ1) is 12.1. The van der Waals surface area contributed by atoms with Crippen LogP contribution in [0, 0.1) is 11.7 Å². The predicted molar refractivity (Wildman–Crippen MR) is 89.8 cm³/mol. The summed E-state index contributed by atoms with van der Waals surface area (Å²) in [6.07, 6.45) is 0.874. The maximum atomic E-state index is 14.1. The Morgan fingerprint density at radius 2 is 2.16 bits per heavy atom. The minimum atomic E-state index is -0.452. The summed E-state index contributed by atoms with van der Waals surface area (Å²) >= 11 is 0. The molecule has 0 radical (unpaired) electrons. The maximum absolute atomic E-state index is 14.1. The van der Waals surface area contributed by atoms with Gasteiger partial charge in [0, 0.05) is 13.1 Å². The third kappa shape index (κ3) is 4.48. The molecule has 1 unspecified atom stereocenters. The number of methoxy groups -OCH3 is 1. The standard InChI is InChI=1S/C18H25FN2O4/c1-24-16-3-2-12(10-15(16)19)18(13-8-14(22)9-13)20-17(23)11-21-4-6-25-7-5-21/h2-3,10,13-14,18,22H,4-9,11H2,1H3,(H,20,23). The van der Waals surface area contributed by atoms with Crippen molar-refractivity contribution in [2.45, 2.75) is 25.0 Å². The third-order valence-corrected chi connectivity index (χ3v) is 4.94. The van der Waals surface area contributed by atoms with E-state index in [2.05, 4.69) is 5.32 Å². The molecule has 2 fully saturated rings. The highest BCUT2D eigenvalue weighted by Crippen LogP contribution is 2.38. The van der Waals surface area contributed by atoms with E-state index in [4.69, 9.17) is 9.47 Å². The van der Waals surface area contributed by atoms with E-state index in [9.17, 15) is 14.3 Å². The molecule has 6 nitrogen and oxygen atoms in total. The molecule has 0 aromatic heterocycles. The molecule has 3 rings (SSSR count). The number of amides is 1. The molecule has 1 aromatic carbocycles. The van der Waals surface area contributed by atoms with Crippen LogP contribution in [0.5, 0.6) is 5.75 Å². The van der Waals surface area contributed by atoms with E-state index in [-0.39, 0.29) is 29.7 Å². The summed E-state index contributed by atoms with van der Waals surface area (Å²) in [5.74, 6) is -0.260. The number of aliphatic hydroxyl groups excluding tert-OH is 1. The van der Waals surface area contributed by atoms with Crippen molar-refractivity contribution >= 4 is 5.91 Å². The molecular weight excluding hydrogens is 327 g/mol. The van der Waals surface area contributed by atoms with Crippen molar-refractivity contribution in [1.82, 2.24) is 10.2 Å². The molecule has 2 aliphatic rings. The van der Waals surface area contributed by atoms with Crippen molar-refractivity contribution in [3.63, 3.8) is 0 Å². The van der Waals surface area contributed by atoms with Crippen LogP contribution < -0.4 is 10.1 Å². The Kier molecular flexibility index (Phi) is 5.88. The number of aliphatic hydroxyl groups is 1. The van der Waals surface area contributed by atoms with Crippen LogP contribution in [0.1, 0.15) is 24.4 Å². The first kappa shape index (κ1) is 18.1. The van der Waals surface area contributed by atoms with E-state index in [1.165, 1.54) is 13.2 Å². The highest BCUT2D eigenvalue weighted by Gasteiger charge is 2.36. The minimum absolute atomic E-state index is 0.0930. The second-order valence-electron chi connectivity index (χ2n) is 6.71. The fraction of sp³-hybridized carbons (Fsp3) is 0.611. The molecule has 1 saturated heterocycles. The second-order valence-corrected chi connectivity index (χ2v) is 6.71. The van der Waals surface area contributed by atoms with Crippen LogP contribution in [0.2, 0.25) is 0 Å². The van der Waals surface area contributed by atoms with Gasteiger partial charge in [-0.1, -0.05) is 6.07 Å². The monoisotopic (exact) mass is 352 g/mol. The van der Waals surface area contributed by atoms with Gasteiger partial charge < -0.3 is 19.9 Å². The van der Waals surface area contributed by atoms with Gasteiger partial charge in [0.25, 0.3) is 0 Å². The van der Waals surface area contributed by atoms with E-state index in [0.29, 0.717) is 38.2 Å². The zero-order valence-electron chi connectivity index (χ0n) is 14.4. The molecule has 25 heavy (non-hydrogen) atoms. The van der Waals surface area contributed by atoms with Crippen LogP contribution in [0.4, 0.5) is 4.39 Å². The smallest absolute Gasteiger partial charge is 0.234 e. The van der Waals surface area contributed by atoms with Gasteiger partial charge in [0.15, 0.2) is 11.6 Å². The lowest BCUT2D eigenvalue weighted by Crippen LogP contribution is -2.47. The van der Waals surface area contributed by atoms with Crippen molar-refractivity contribution in [3.05, 3.63) is 29.6 Å². The molecular formula is C18H25FN2O4. The van der Waals surface area contributed by atoms with E-state index in [1.807, 2.05) is 4.90 Å². The Morgan fingerprint density at radius 1 is 1.44 bits per heavy atom. The molecule has 7 heteroatoms.